The summed E-state index contributed by atoms with van der Waals surface area (Å²) in [6.45, 7) is 2.10. The van der Waals surface area contributed by atoms with E-state index in [4.69, 9.17) is 12.2 Å². The van der Waals surface area contributed by atoms with Gasteiger partial charge in [0, 0.05) is 0 Å². The van der Waals surface area contributed by atoms with E-state index in [0.717, 1.165) is 12.8 Å². The first-order valence-corrected chi connectivity index (χ1v) is 8.41. The Hall–Kier alpha value is -1.94. The second-order valence-corrected chi connectivity index (χ2v) is 6.63. The molecule has 1 aliphatic carbocycles. The minimum absolute atomic E-state index is 0.151. The van der Waals surface area contributed by atoms with Crippen molar-refractivity contribution in [1.29, 1.82) is 0 Å². The molecule has 0 spiro atoms. The van der Waals surface area contributed by atoms with Crippen LogP contribution < -0.4 is 10.6 Å². The van der Waals surface area contributed by atoms with E-state index >= 15 is 0 Å². The fourth-order valence-electron chi connectivity index (χ4n) is 3.34. The van der Waals surface area contributed by atoms with Gasteiger partial charge in [-0.3, -0.25) is 0 Å². The molecule has 3 rings (SSSR count). The number of aryl methyl sites for hydroxylation is 1. The van der Waals surface area contributed by atoms with Gasteiger partial charge in [0.05, 0.1) is 11.2 Å². The highest BCUT2D eigenvalue weighted by Crippen LogP contribution is 2.39. The molecule has 0 heterocycles. The molecule has 4 heteroatoms. The Kier molecular flexibility index (Phi) is 4.62. The van der Waals surface area contributed by atoms with E-state index in [2.05, 4.69) is 41.8 Å². The lowest BCUT2D eigenvalue weighted by molar-refractivity contribution is 0.408. The zero-order valence-electron chi connectivity index (χ0n) is 13.2. The summed E-state index contributed by atoms with van der Waals surface area (Å²) >= 11 is 5.45. The summed E-state index contributed by atoms with van der Waals surface area (Å²) < 4.78 is 13.8. The molecule has 0 bridgehead atoms. The van der Waals surface area contributed by atoms with Crippen LogP contribution in [0.15, 0.2) is 48.5 Å². The Morgan fingerprint density at radius 1 is 1.09 bits per heavy atom. The highest BCUT2D eigenvalue weighted by molar-refractivity contribution is 7.80. The number of benzene rings is 2. The summed E-state index contributed by atoms with van der Waals surface area (Å²) in [5.41, 5.74) is 2.75. The van der Waals surface area contributed by atoms with Crippen molar-refractivity contribution in [2.24, 2.45) is 0 Å². The van der Waals surface area contributed by atoms with Crippen LogP contribution >= 0.6 is 12.2 Å². The lowest BCUT2D eigenvalue weighted by Crippen LogP contribution is -2.45. The molecule has 1 fully saturated rings. The van der Waals surface area contributed by atoms with Crippen LogP contribution in [0.3, 0.4) is 0 Å². The van der Waals surface area contributed by atoms with Gasteiger partial charge >= 0.3 is 0 Å². The summed E-state index contributed by atoms with van der Waals surface area (Å²) in [7, 11) is 0. The number of para-hydroxylation sites is 1. The summed E-state index contributed by atoms with van der Waals surface area (Å²) in [6, 6.07) is 15.1. The van der Waals surface area contributed by atoms with Gasteiger partial charge in [0.2, 0.25) is 0 Å². The number of rotatable bonds is 3. The zero-order valence-corrected chi connectivity index (χ0v) is 14.0. The quantitative estimate of drug-likeness (QED) is 0.785. The van der Waals surface area contributed by atoms with E-state index in [0.29, 0.717) is 10.8 Å². The molecule has 2 nitrogen and oxygen atoms in total. The summed E-state index contributed by atoms with van der Waals surface area (Å²) in [4.78, 5) is 0. The van der Waals surface area contributed by atoms with Gasteiger partial charge < -0.3 is 10.6 Å². The van der Waals surface area contributed by atoms with Gasteiger partial charge in [0.15, 0.2) is 5.11 Å². The molecular weight excluding hydrogens is 307 g/mol. The van der Waals surface area contributed by atoms with Crippen LogP contribution in [-0.2, 0) is 5.54 Å². The van der Waals surface area contributed by atoms with Crippen molar-refractivity contribution in [2.45, 2.75) is 38.1 Å². The Bertz CT molecular complexity index is 708. The van der Waals surface area contributed by atoms with Crippen molar-refractivity contribution in [1.82, 2.24) is 5.32 Å². The van der Waals surface area contributed by atoms with Gasteiger partial charge in [0.1, 0.15) is 5.82 Å². The van der Waals surface area contributed by atoms with Gasteiger partial charge in [-0.05, 0) is 49.7 Å². The molecule has 0 atom stereocenters. The Labute approximate surface area is 142 Å². The Morgan fingerprint density at radius 3 is 2.52 bits per heavy atom. The van der Waals surface area contributed by atoms with E-state index in [1.54, 1.807) is 18.2 Å². The second-order valence-electron chi connectivity index (χ2n) is 6.22. The molecule has 23 heavy (non-hydrogen) atoms. The molecule has 0 amide bonds. The van der Waals surface area contributed by atoms with E-state index < -0.39 is 0 Å². The van der Waals surface area contributed by atoms with Gasteiger partial charge in [-0.2, -0.15) is 0 Å². The number of halogens is 1. The van der Waals surface area contributed by atoms with E-state index in [-0.39, 0.29) is 11.4 Å². The third-order valence-electron chi connectivity index (χ3n) is 4.50. The first-order chi connectivity index (χ1) is 11.1. The van der Waals surface area contributed by atoms with Crippen LogP contribution in [-0.4, -0.2) is 5.11 Å². The van der Waals surface area contributed by atoms with Crippen molar-refractivity contribution in [3.05, 3.63) is 65.5 Å². The van der Waals surface area contributed by atoms with Crippen LogP contribution in [0.25, 0.3) is 0 Å². The van der Waals surface area contributed by atoms with Crippen LogP contribution in [0.4, 0.5) is 10.1 Å². The molecule has 120 valence electrons. The molecule has 0 aromatic heterocycles. The molecule has 1 aliphatic rings. The largest absolute Gasteiger partial charge is 0.353 e. The lowest BCUT2D eigenvalue weighted by atomic mass is 9.87. The van der Waals surface area contributed by atoms with Crippen molar-refractivity contribution in [3.8, 4) is 0 Å². The van der Waals surface area contributed by atoms with Crippen molar-refractivity contribution in [3.63, 3.8) is 0 Å². The molecule has 2 N–H and O–H groups in total. The smallest absolute Gasteiger partial charge is 0.171 e. The van der Waals surface area contributed by atoms with Gasteiger partial charge in [0.25, 0.3) is 0 Å². The van der Waals surface area contributed by atoms with E-state index in [9.17, 15) is 4.39 Å². The lowest BCUT2D eigenvalue weighted by Gasteiger charge is -2.33. The fourth-order valence-corrected chi connectivity index (χ4v) is 3.65. The third-order valence-corrected chi connectivity index (χ3v) is 4.71. The molecule has 0 radical (unpaired) electrons. The van der Waals surface area contributed by atoms with Crippen LogP contribution in [0.2, 0.25) is 0 Å². The Morgan fingerprint density at radius 2 is 1.83 bits per heavy atom. The summed E-state index contributed by atoms with van der Waals surface area (Å²) in [6.07, 6.45) is 4.41. The maximum atomic E-state index is 13.8. The normalized spacial score (nSPS) is 16.1. The van der Waals surface area contributed by atoms with Crippen LogP contribution in [0.1, 0.15) is 36.8 Å². The topological polar surface area (TPSA) is 24.1 Å². The molecule has 0 saturated heterocycles. The number of hydrogen-bond acceptors (Lipinski definition) is 1. The fraction of sp³-hybridized carbons (Fsp3) is 0.316. The molecule has 2 aromatic rings. The highest BCUT2D eigenvalue weighted by atomic mass is 32.1. The monoisotopic (exact) mass is 328 g/mol. The van der Waals surface area contributed by atoms with Crippen molar-refractivity contribution in [2.75, 3.05) is 5.32 Å². The van der Waals surface area contributed by atoms with E-state index in [1.165, 1.54) is 30.0 Å². The molecule has 0 aliphatic heterocycles. The van der Waals surface area contributed by atoms with Gasteiger partial charge in [-0.15, -0.1) is 0 Å². The minimum atomic E-state index is -0.298. The third kappa shape index (κ3) is 3.53. The first-order valence-electron chi connectivity index (χ1n) is 8.00. The van der Waals surface area contributed by atoms with Gasteiger partial charge in [-0.1, -0.05) is 54.8 Å². The molecular formula is C19H21FN2S. The Balaban J connectivity index is 1.80. The predicted molar refractivity (Wildman–Crippen MR) is 97.1 cm³/mol. The molecule has 2 aromatic carbocycles. The zero-order chi connectivity index (χ0) is 16.3. The molecule has 0 unspecified atom stereocenters. The number of anilines is 1. The average molecular weight is 328 g/mol. The van der Waals surface area contributed by atoms with Crippen LogP contribution in [0, 0.1) is 12.7 Å². The first kappa shape index (κ1) is 15.9. The maximum Gasteiger partial charge on any atom is 0.171 e. The number of thiocarbonyl (C=S) groups is 1. The SMILES string of the molecule is Cc1cccc(C2(NC(=S)Nc3ccccc3F)CCCC2)c1. The van der Waals surface area contributed by atoms with Crippen molar-refractivity contribution >= 4 is 23.0 Å². The number of nitrogens with one attached hydrogen (secondary N) is 2. The maximum absolute atomic E-state index is 13.8. The summed E-state index contributed by atoms with van der Waals surface area (Å²) in [5.74, 6) is -0.298. The standard InChI is InChI=1S/C19H21FN2S/c1-14-7-6-8-15(13-14)19(11-4-5-12-19)22-18(23)21-17-10-3-2-9-16(17)20/h2-3,6-10,13H,4-5,11-12H2,1H3,(H2,21,22,23). The predicted octanol–water partition coefficient (Wildman–Crippen LogP) is 4.89. The van der Waals surface area contributed by atoms with Crippen LogP contribution in [0.5, 0.6) is 0 Å². The highest BCUT2D eigenvalue weighted by Gasteiger charge is 2.36. The van der Waals surface area contributed by atoms with E-state index in [1.807, 2.05) is 0 Å². The molecule has 1 saturated carbocycles. The average Bonchev–Trinajstić information content (AvgIpc) is 2.99. The van der Waals surface area contributed by atoms with Gasteiger partial charge in [-0.25, -0.2) is 4.39 Å². The number of hydrogen-bond donors (Lipinski definition) is 2. The van der Waals surface area contributed by atoms with Crippen molar-refractivity contribution < 1.29 is 4.39 Å². The second kappa shape index (κ2) is 6.67. The summed E-state index contributed by atoms with van der Waals surface area (Å²) in [5, 5.41) is 6.93. The minimum Gasteiger partial charge on any atom is -0.353 e.